The van der Waals surface area contributed by atoms with Crippen LogP contribution < -0.4 is 0 Å². The van der Waals surface area contributed by atoms with Crippen LogP contribution in [0.25, 0.3) is 0 Å². The van der Waals surface area contributed by atoms with Gasteiger partial charge in [-0.2, -0.15) is 0 Å². The fourth-order valence-corrected chi connectivity index (χ4v) is 1.92. The average molecular weight is 210 g/mol. The molecule has 1 rings (SSSR count). The molecule has 1 aliphatic heterocycles. The van der Waals surface area contributed by atoms with Crippen molar-refractivity contribution in [3.8, 4) is 0 Å². The molecule has 0 N–H and O–H groups in total. The van der Waals surface area contributed by atoms with E-state index < -0.39 is 0 Å². The lowest BCUT2D eigenvalue weighted by Crippen LogP contribution is -2.31. The first-order chi connectivity index (χ1) is 6.92. The Bertz CT molecular complexity index is 234. The van der Waals surface area contributed by atoms with Gasteiger partial charge in [-0.3, -0.25) is 0 Å². The molecule has 1 aliphatic rings. The molecule has 0 bridgehead atoms. The fraction of sp³-hybridized carbons (Fsp3) is 0.833. The molecule has 1 unspecified atom stereocenters. The van der Waals surface area contributed by atoms with Crippen LogP contribution in [0.1, 0.15) is 47.5 Å². The van der Waals surface area contributed by atoms with Gasteiger partial charge in [0, 0.05) is 0 Å². The number of allylic oxidation sites excluding steroid dienone is 1. The van der Waals surface area contributed by atoms with Gasteiger partial charge < -0.3 is 9.31 Å². The summed E-state index contributed by atoms with van der Waals surface area (Å²) in [5.74, 6) is 0.510. The summed E-state index contributed by atoms with van der Waals surface area (Å²) in [6, 6.07) is 0. The summed E-state index contributed by atoms with van der Waals surface area (Å²) >= 11 is 0. The molecule has 3 heteroatoms. The van der Waals surface area contributed by atoms with E-state index in [9.17, 15) is 0 Å². The summed E-state index contributed by atoms with van der Waals surface area (Å²) in [4.78, 5) is 0. The zero-order valence-electron chi connectivity index (χ0n) is 10.7. The first-order valence-corrected chi connectivity index (χ1v) is 5.94. The van der Waals surface area contributed by atoms with Gasteiger partial charge in [0.15, 0.2) is 0 Å². The summed E-state index contributed by atoms with van der Waals surface area (Å²) in [7, 11) is -0.208. The van der Waals surface area contributed by atoms with E-state index in [1.165, 1.54) is 0 Å². The molecule has 0 aromatic rings. The maximum absolute atomic E-state index is 5.89. The minimum atomic E-state index is -0.208. The van der Waals surface area contributed by atoms with E-state index >= 15 is 0 Å². The molecule has 0 aromatic heterocycles. The molecule has 0 spiro atoms. The largest absolute Gasteiger partial charge is 0.490 e. The Morgan fingerprint density at radius 3 is 2.27 bits per heavy atom. The summed E-state index contributed by atoms with van der Waals surface area (Å²) < 4.78 is 11.7. The van der Waals surface area contributed by atoms with E-state index in [1.807, 2.05) is 0 Å². The third-order valence-electron chi connectivity index (χ3n) is 3.53. The molecular formula is C12H23BO2. The Labute approximate surface area is 94.2 Å². The molecule has 15 heavy (non-hydrogen) atoms. The number of hydrogen-bond acceptors (Lipinski definition) is 2. The van der Waals surface area contributed by atoms with Gasteiger partial charge in [-0.15, -0.1) is 6.58 Å². The van der Waals surface area contributed by atoms with Crippen LogP contribution >= 0.6 is 0 Å². The van der Waals surface area contributed by atoms with Crippen LogP contribution in [0, 0.1) is 5.92 Å². The second kappa shape index (κ2) is 4.71. The Kier molecular flexibility index (Phi) is 4.02. The topological polar surface area (TPSA) is 18.5 Å². The highest BCUT2D eigenvalue weighted by Crippen LogP contribution is 2.32. The van der Waals surface area contributed by atoms with E-state index in [2.05, 4.69) is 41.2 Å². The van der Waals surface area contributed by atoms with Crippen molar-refractivity contribution in [1.29, 1.82) is 0 Å². The van der Waals surface area contributed by atoms with Crippen LogP contribution in [0.15, 0.2) is 12.1 Å². The highest BCUT2D eigenvalue weighted by Gasteiger charge is 2.45. The van der Waals surface area contributed by atoms with Crippen LogP contribution in [-0.4, -0.2) is 18.8 Å². The summed E-state index contributed by atoms with van der Waals surface area (Å²) in [6.45, 7) is 14.7. The average Bonchev–Trinajstić information content (AvgIpc) is 2.43. The van der Waals surface area contributed by atoms with E-state index in [0.29, 0.717) is 5.92 Å². The molecule has 1 fully saturated rings. The highest BCUT2D eigenvalue weighted by atomic mass is 16.7. The van der Waals surface area contributed by atoms with Gasteiger partial charge in [-0.25, -0.2) is 0 Å². The first kappa shape index (κ1) is 12.8. The number of hydrogen-bond donors (Lipinski definition) is 0. The highest BCUT2D eigenvalue weighted by molar-refractivity contribution is 6.54. The third kappa shape index (κ3) is 2.64. The van der Waals surface area contributed by atoms with E-state index in [4.69, 9.17) is 9.31 Å². The van der Waals surface area contributed by atoms with Crippen molar-refractivity contribution in [1.82, 2.24) is 0 Å². The molecule has 1 saturated heterocycles. The Morgan fingerprint density at radius 2 is 1.93 bits per heavy atom. The zero-order chi connectivity index (χ0) is 11.6. The first-order valence-electron chi connectivity index (χ1n) is 5.94. The van der Waals surface area contributed by atoms with Gasteiger partial charge in [-0.05, 0) is 32.2 Å². The Balaban J connectivity index is 2.64. The van der Waals surface area contributed by atoms with Crippen molar-refractivity contribution < 1.29 is 9.31 Å². The normalized spacial score (nSPS) is 24.9. The van der Waals surface area contributed by atoms with Gasteiger partial charge >= 0.3 is 7.12 Å². The van der Waals surface area contributed by atoms with E-state index in [0.717, 1.165) is 18.3 Å². The third-order valence-corrected chi connectivity index (χ3v) is 3.53. The van der Waals surface area contributed by atoms with Crippen molar-refractivity contribution in [2.45, 2.75) is 59.2 Å². The maximum atomic E-state index is 5.89. The molecule has 0 radical (unpaired) electrons. The molecule has 86 valence electrons. The van der Waals surface area contributed by atoms with Gasteiger partial charge in [0.25, 0.3) is 0 Å². The summed E-state index contributed by atoms with van der Waals surface area (Å²) in [5, 5.41) is 0. The van der Waals surface area contributed by atoms with Gasteiger partial charge in [0.2, 0.25) is 0 Å². The molecule has 1 heterocycles. The Morgan fingerprint density at radius 1 is 1.40 bits per heavy atom. The van der Waals surface area contributed by atoms with Crippen molar-refractivity contribution in [2.24, 2.45) is 5.92 Å². The summed E-state index contributed by atoms with van der Waals surface area (Å²) in [5.41, 5.74) is 0.900. The minimum absolute atomic E-state index is 0.133. The smallest absolute Gasteiger partial charge is 0.402 e. The lowest BCUT2D eigenvalue weighted by molar-refractivity contribution is 0.0841. The Hall–Kier alpha value is -0.275. The predicted molar refractivity (Wildman–Crippen MR) is 64.7 cm³/mol. The van der Waals surface area contributed by atoms with E-state index in [1.54, 1.807) is 0 Å². The fourth-order valence-electron chi connectivity index (χ4n) is 1.92. The van der Waals surface area contributed by atoms with Crippen LogP contribution in [0.5, 0.6) is 0 Å². The van der Waals surface area contributed by atoms with Crippen molar-refractivity contribution in [3.05, 3.63) is 12.1 Å². The zero-order valence-corrected chi connectivity index (χ0v) is 10.7. The SMILES string of the molecule is C=C(B1OC(C)C(C)(C)O1)C(CC)CC. The molecule has 0 aliphatic carbocycles. The van der Waals surface area contributed by atoms with Crippen molar-refractivity contribution in [3.63, 3.8) is 0 Å². The van der Waals surface area contributed by atoms with Crippen molar-refractivity contribution in [2.75, 3.05) is 0 Å². The van der Waals surface area contributed by atoms with Crippen LogP contribution in [0.2, 0.25) is 0 Å². The molecule has 0 saturated carbocycles. The molecule has 2 nitrogen and oxygen atoms in total. The lowest BCUT2D eigenvalue weighted by atomic mass is 9.70. The standard InChI is InChI=1S/C12H23BO2/c1-7-11(8-2)9(3)13-14-10(4)12(5,6)15-13/h10-11H,3,7-8H2,1-2,4-6H3. The van der Waals surface area contributed by atoms with Gasteiger partial charge in [-0.1, -0.05) is 26.7 Å². The van der Waals surface area contributed by atoms with Gasteiger partial charge in [0.1, 0.15) is 0 Å². The second-order valence-corrected chi connectivity index (χ2v) is 4.92. The van der Waals surface area contributed by atoms with E-state index in [-0.39, 0.29) is 18.8 Å². The van der Waals surface area contributed by atoms with Crippen LogP contribution in [-0.2, 0) is 9.31 Å². The predicted octanol–water partition coefficient (Wildman–Crippen LogP) is 3.22. The van der Waals surface area contributed by atoms with Gasteiger partial charge in [0.05, 0.1) is 11.7 Å². The van der Waals surface area contributed by atoms with Crippen molar-refractivity contribution >= 4 is 7.12 Å². The lowest BCUT2D eigenvalue weighted by Gasteiger charge is -2.22. The molecule has 0 amide bonds. The second-order valence-electron chi connectivity index (χ2n) is 4.92. The monoisotopic (exact) mass is 210 g/mol. The molecular weight excluding hydrogens is 187 g/mol. The quantitative estimate of drug-likeness (QED) is 0.663. The minimum Gasteiger partial charge on any atom is -0.402 e. The van der Waals surface area contributed by atoms with Crippen LogP contribution in [0.4, 0.5) is 0 Å². The number of rotatable bonds is 4. The summed E-state index contributed by atoms with van der Waals surface area (Å²) in [6.07, 6.45) is 2.34. The molecule has 1 atom stereocenters. The molecule has 0 aromatic carbocycles. The maximum Gasteiger partial charge on any atom is 0.490 e. The van der Waals surface area contributed by atoms with Crippen LogP contribution in [0.3, 0.4) is 0 Å².